The Morgan fingerprint density at radius 2 is 2.05 bits per heavy atom. The molecule has 0 aliphatic rings. The van der Waals surface area contributed by atoms with Crippen LogP contribution in [0, 0.1) is 5.41 Å². The maximum absolute atomic E-state index is 11.6. The number of carbonyl (C=O) groups is 1. The van der Waals surface area contributed by atoms with Crippen LogP contribution in [0.15, 0.2) is 10.4 Å². The zero-order chi connectivity index (χ0) is 14.7. The number of carbonyl (C=O) groups excluding carboxylic acids is 1. The fourth-order valence-corrected chi connectivity index (χ4v) is 2.56. The van der Waals surface area contributed by atoms with Gasteiger partial charge in [-0.25, -0.2) is 18.5 Å². The Kier molecular flexibility index (Phi) is 4.88. The van der Waals surface area contributed by atoms with Gasteiger partial charge < -0.3 is 10.6 Å². The van der Waals surface area contributed by atoms with Crippen molar-refractivity contribution >= 4 is 32.4 Å². The summed E-state index contributed by atoms with van der Waals surface area (Å²) >= 11 is 0.956. The monoisotopic (exact) mass is 306 g/mol. The molecular formula is C10H18N4O3S2. The molecule has 19 heavy (non-hydrogen) atoms. The summed E-state index contributed by atoms with van der Waals surface area (Å²) < 4.78 is 22.1. The van der Waals surface area contributed by atoms with Crippen molar-refractivity contribution in [2.24, 2.45) is 10.6 Å². The van der Waals surface area contributed by atoms with E-state index in [0.29, 0.717) is 18.2 Å². The van der Waals surface area contributed by atoms with Crippen LogP contribution in [0.3, 0.4) is 0 Å². The molecule has 108 valence electrons. The van der Waals surface area contributed by atoms with Gasteiger partial charge in [-0.1, -0.05) is 32.1 Å². The second-order valence-corrected chi connectivity index (χ2v) is 7.78. The number of aromatic nitrogens is 1. The van der Waals surface area contributed by atoms with Gasteiger partial charge in [0.05, 0.1) is 6.20 Å². The van der Waals surface area contributed by atoms with E-state index in [1.54, 1.807) is 0 Å². The van der Waals surface area contributed by atoms with Crippen molar-refractivity contribution in [3.05, 3.63) is 6.20 Å². The van der Waals surface area contributed by atoms with E-state index in [1.807, 2.05) is 20.8 Å². The smallest absolute Gasteiger partial charge is 0.249 e. The number of nitrogens with one attached hydrogen (secondary N) is 2. The molecule has 9 heteroatoms. The van der Waals surface area contributed by atoms with Crippen LogP contribution in [0.4, 0.5) is 5.13 Å². The molecular weight excluding hydrogens is 288 g/mol. The highest BCUT2D eigenvalue weighted by Crippen LogP contribution is 2.20. The summed E-state index contributed by atoms with van der Waals surface area (Å²) in [5.41, 5.74) is -0.429. The molecule has 1 aromatic rings. The first-order chi connectivity index (χ1) is 8.60. The van der Waals surface area contributed by atoms with Crippen LogP contribution in [-0.4, -0.2) is 32.4 Å². The van der Waals surface area contributed by atoms with Gasteiger partial charge in [-0.2, -0.15) is 0 Å². The third-order valence-electron chi connectivity index (χ3n) is 2.13. The first-order valence-corrected chi connectivity index (χ1v) is 7.98. The van der Waals surface area contributed by atoms with Gasteiger partial charge in [0, 0.05) is 18.5 Å². The molecule has 4 N–H and O–H groups in total. The lowest BCUT2D eigenvalue weighted by Gasteiger charge is -2.17. The molecule has 0 radical (unpaired) electrons. The molecule has 0 atom stereocenters. The Hall–Kier alpha value is -1.19. The molecule has 1 aromatic heterocycles. The highest BCUT2D eigenvalue weighted by atomic mass is 32.2. The van der Waals surface area contributed by atoms with E-state index in [0.717, 1.165) is 11.3 Å². The molecule has 0 bridgehead atoms. The molecule has 0 aliphatic heterocycles. The van der Waals surface area contributed by atoms with Gasteiger partial charge in [-0.05, 0) is 0 Å². The summed E-state index contributed by atoms with van der Waals surface area (Å²) in [7, 11) is -3.70. The minimum atomic E-state index is -3.70. The number of anilines is 1. The lowest BCUT2D eigenvalue weighted by atomic mass is 9.96. The third kappa shape index (κ3) is 5.13. The Balaban J connectivity index is 2.39. The predicted molar refractivity (Wildman–Crippen MR) is 74.4 cm³/mol. The fourth-order valence-electron chi connectivity index (χ4n) is 1.08. The molecule has 0 fully saturated rings. The molecule has 0 saturated heterocycles. The maximum Gasteiger partial charge on any atom is 0.249 e. The maximum atomic E-state index is 11.6. The van der Waals surface area contributed by atoms with Crippen LogP contribution >= 0.6 is 11.3 Å². The molecule has 0 unspecified atom stereocenters. The van der Waals surface area contributed by atoms with Crippen molar-refractivity contribution in [3.8, 4) is 0 Å². The number of primary sulfonamides is 1. The van der Waals surface area contributed by atoms with Gasteiger partial charge >= 0.3 is 0 Å². The van der Waals surface area contributed by atoms with Gasteiger partial charge in [0.15, 0.2) is 9.34 Å². The first kappa shape index (κ1) is 15.9. The van der Waals surface area contributed by atoms with Crippen LogP contribution in [0.25, 0.3) is 0 Å². The highest BCUT2D eigenvalue weighted by molar-refractivity contribution is 7.91. The van der Waals surface area contributed by atoms with E-state index in [1.165, 1.54) is 6.20 Å². The summed E-state index contributed by atoms with van der Waals surface area (Å²) in [6.07, 6.45) is 1.20. The van der Waals surface area contributed by atoms with Gasteiger partial charge in [0.2, 0.25) is 15.9 Å². The standard InChI is InChI=1S/C10H18N4O3S2/c1-10(2,3)8(15)12-4-5-13-9-14-6-7(18-9)19(11,16)17/h6H,4-5H2,1-3H3,(H,12,15)(H,13,14)(H2,11,16,17). The van der Waals surface area contributed by atoms with E-state index >= 15 is 0 Å². The summed E-state index contributed by atoms with van der Waals surface area (Å²) in [6.45, 7) is 6.37. The largest absolute Gasteiger partial charge is 0.360 e. The number of nitrogens with zero attached hydrogens (tertiary/aromatic N) is 1. The average molecular weight is 306 g/mol. The van der Waals surface area contributed by atoms with Crippen molar-refractivity contribution in [1.82, 2.24) is 10.3 Å². The summed E-state index contributed by atoms with van der Waals surface area (Å²) in [5, 5.41) is 11.1. The van der Waals surface area contributed by atoms with Crippen molar-refractivity contribution in [1.29, 1.82) is 0 Å². The molecule has 1 heterocycles. The topological polar surface area (TPSA) is 114 Å². The van der Waals surface area contributed by atoms with Gasteiger partial charge in [0.1, 0.15) is 0 Å². The Morgan fingerprint density at radius 3 is 2.53 bits per heavy atom. The molecule has 0 aromatic carbocycles. The third-order valence-corrected chi connectivity index (χ3v) is 4.50. The Labute approximate surface area is 116 Å². The number of sulfonamides is 1. The van der Waals surface area contributed by atoms with Crippen LogP contribution in [0.1, 0.15) is 20.8 Å². The fraction of sp³-hybridized carbons (Fsp3) is 0.600. The summed E-state index contributed by atoms with van der Waals surface area (Å²) in [6, 6.07) is 0. The summed E-state index contributed by atoms with van der Waals surface area (Å²) in [4.78, 5) is 15.4. The number of hydrogen-bond donors (Lipinski definition) is 3. The number of amides is 1. The average Bonchev–Trinajstić information content (AvgIpc) is 2.70. The second kappa shape index (κ2) is 5.85. The highest BCUT2D eigenvalue weighted by Gasteiger charge is 2.20. The molecule has 0 saturated carbocycles. The number of rotatable bonds is 5. The molecule has 1 amide bonds. The van der Waals surface area contributed by atoms with Crippen molar-refractivity contribution < 1.29 is 13.2 Å². The van der Waals surface area contributed by atoms with Crippen LogP contribution < -0.4 is 15.8 Å². The van der Waals surface area contributed by atoms with Crippen LogP contribution in [0.5, 0.6) is 0 Å². The van der Waals surface area contributed by atoms with Gasteiger partial charge in [-0.3, -0.25) is 4.79 Å². The molecule has 0 aliphatic carbocycles. The summed E-state index contributed by atoms with van der Waals surface area (Å²) in [5.74, 6) is -0.0429. The van der Waals surface area contributed by atoms with Gasteiger partial charge in [-0.15, -0.1) is 0 Å². The van der Waals surface area contributed by atoms with Crippen molar-refractivity contribution in [2.45, 2.75) is 25.0 Å². The lowest BCUT2D eigenvalue weighted by Crippen LogP contribution is -2.37. The van der Waals surface area contributed by atoms with Crippen molar-refractivity contribution in [2.75, 3.05) is 18.4 Å². The molecule has 7 nitrogen and oxygen atoms in total. The van der Waals surface area contributed by atoms with Gasteiger partial charge in [0.25, 0.3) is 0 Å². The second-order valence-electron chi connectivity index (χ2n) is 4.96. The molecule has 0 spiro atoms. The zero-order valence-electron chi connectivity index (χ0n) is 11.1. The van der Waals surface area contributed by atoms with Crippen LogP contribution in [0.2, 0.25) is 0 Å². The quantitative estimate of drug-likeness (QED) is 0.680. The van der Waals surface area contributed by atoms with E-state index < -0.39 is 15.4 Å². The zero-order valence-corrected chi connectivity index (χ0v) is 12.7. The SMILES string of the molecule is CC(C)(C)C(=O)NCCNc1ncc(S(N)(=O)=O)s1. The first-order valence-electron chi connectivity index (χ1n) is 5.61. The Morgan fingerprint density at radius 1 is 1.42 bits per heavy atom. The minimum absolute atomic E-state index is 0.00808. The minimum Gasteiger partial charge on any atom is -0.360 e. The van der Waals surface area contributed by atoms with E-state index in [4.69, 9.17) is 5.14 Å². The normalized spacial score (nSPS) is 12.2. The predicted octanol–water partition coefficient (Wildman–Crippen LogP) is 0.365. The lowest BCUT2D eigenvalue weighted by molar-refractivity contribution is -0.128. The van der Waals surface area contributed by atoms with E-state index in [2.05, 4.69) is 15.6 Å². The van der Waals surface area contributed by atoms with E-state index in [-0.39, 0.29) is 10.1 Å². The molecule has 1 rings (SSSR count). The number of nitrogens with two attached hydrogens (primary N) is 1. The van der Waals surface area contributed by atoms with E-state index in [9.17, 15) is 13.2 Å². The number of thiazole rings is 1. The Bertz CT molecular complexity index is 545. The number of hydrogen-bond acceptors (Lipinski definition) is 6. The van der Waals surface area contributed by atoms with Crippen molar-refractivity contribution in [3.63, 3.8) is 0 Å². The van der Waals surface area contributed by atoms with Crippen LogP contribution in [-0.2, 0) is 14.8 Å².